The van der Waals surface area contributed by atoms with E-state index >= 15 is 0 Å². The third kappa shape index (κ3) is 1.90. The van der Waals surface area contributed by atoms with Crippen molar-refractivity contribution >= 4 is 5.91 Å². The number of rotatable bonds is 5. The van der Waals surface area contributed by atoms with Gasteiger partial charge in [-0.05, 0) is 19.8 Å². The zero-order valence-corrected chi connectivity index (χ0v) is 12.2. The lowest BCUT2D eigenvalue weighted by atomic mass is 9.47. The summed E-state index contributed by atoms with van der Waals surface area (Å²) < 4.78 is 5.72. The van der Waals surface area contributed by atoms with Crippen molar-refractivity contribution in [3.63, 3.8) is 0 Å². The number of likely N-dealkylation sites (N-methyl/N-ethyl adjacent to an activating group) is 1. The van der Waals surface area contributed by atoms with E-state index in [0.29, 0.717) is 26.1 Å². The molecule has 1 heterocycles. The number of nitrogens with two attached hydrogens (primary N) is 1. The van der Waals surface area contributed by atoms with E-state index in [4.69, 9.17) is 15.6 Å². The molecule has 1 saturated carbocycles. The molecule has 0 radical (unpaired) electrons. The lowest BCUT2D eigenvalue weighted by Crippen LogP contribution is -2.80. The Morgan fingerprint density at radius 3 is 2.79 bits per heavy atom. The molecule has 1 aliphatic heterocycles. The van der Waals surface area contributed by atoms with Crippen LogP contribution in [0.4, 0.5) is 0 Å². The maximum Gasteiger partial charge on any atom is 0.243 e. The summed E-state index contributed by atoms with van der Waals surface area (Å²) in [5.74, 6) is 0.151. The van der Waals surface area contributed by atoms with E-state index in [1.807, 2.05) is 20.8 Å². The van der Waals surface area contributed by atoms with Crippen molar-refractivity contribution < 1.29 is 14.6 Å². The van der Waals surface area contributed by atoms with Crippen LogP contribution in [0.5, 0.6) is 0 Å². The van der Waals surface area contributed by atoms with Gasteiger partial charge in [-0.1, -0.05) is 13.8 Å². The predicted molar refractivity (Wildman–Crippen MR) is 72.5 cm³/mol. The molecular weight excluding hydrogens is 244 g/mol. The molecule has 2 rings (SSSR count). The van der Waals surface area contributed by atoms with E-state index in [2.05, 4.69) is 0 Å². The fraction of sp³-hybridized carbons (Fsp3) is 0.929. The summed E-state index contributed by atoms with van der Waals surface area (Å²) in [6.45, 7) is 8.00. The highest BCUT2D eigenvalue weighted by atomic mass is 16.5. The number of fused-ring (bicyclic) bond motifs is 1. The number of nitrogens with zero attached hydrogens (tertiary/aromatic N) is 1. The van der Waals surface area contributed by atoms with Gasteiger partial charge < -0.3 is 20.5 Å². The molecule has 3 N–H and O–H groups in total. The van der Waals surface area contributed by atoms with Crippen molar-refractivity contribution in [2.45, 2.75) is 45.3 Å². The van der Waals surface area contributed by atoms with E-state index in [1.54, 1.807) is 4.90 Å². The van der Waals surface area contributed by atoms with Gasteiger partial charge in [0.15, 0.2) is 0 Å². The fourth-order valence-electron chi connectivity index (χ4n) is 3.74. The highest BCUT2D eigenvalue weighted by molar-refractivity contribution is 5.89. The van der Waals surface area contributed by atoms with Crippen LogP contribution in [0.3, 0.4) is 0 Å². The molecule has 110 valence electrons. The van der Waals surface area contributed by atoms with Crippen molar-refractivity contribution in [3.8, 4) is 0 Å². The Morgan fingerprint density at radius 1 is 1.53 bits per heavy atom. The normalized spacial score (nSPS) is 35.6. The maximum absolute atomic E-state index is 12.8. The average Bonchev–Trinajstić information content (AvgIpc) is 2.86. The molecule has 3 atom stereocenters. The minimum atomic E-state index is -0.820. The number of carbonyl (C=O) groups is 1. The summed E-state index contributed by atoms with van der Waals surface area (Å²) in [6, 6.07) is 0. The van der Waals surface area contributed by atoms with E-state index in [-0.39, 0.29) is 30.0 Å². The van der Waals surface area contributed by atoms with Crippen LogP contribution in [-0.4, -0.2) is 53.9 Å². The second-order valence-corrected chi connectivity index (χ2v) is 6.24. The minimum absolute atomic E-state index is 0.0141. The third-order valence-corrected chi connectivity index (χ3v) is 5.06. The summed E-state index contributed by atoms with van der Waals surface area (Å²) in [6.07, 6.45) is 1.58. The Labute approximate surface area is 115 Å². The zero-order valence-electron chi connectivity index (χ0n) is 12.2. The van der Waals surface area contributed by atoms with Crippen LogP contribution in [0.1, 0.15) is 33.6 Å². The molecular formula is C14H26N2O3. The first-order valence-corrected chi connectivity index (χ1v) is 7.22. The molecule has 1 saturated heterocycles. The zero-order chi connectivity index (χ0) is 14.3. The Bertz CT molecular complexity index is 359. The highest BCUT2D eigenvalue weighted by Gasteiger charge is 2.71. The van der Waals surface area contributed by atoms with Crippen LogP contribution in [0.25, 0.3) is 0 Å². The second-order valence-electron chi connectivity index (χ2n) is 6.24. The SMILES string of the molecule is CCN(CCCO)C(=O)C1(N)C2CCOC2C1(C)C. The quantitative estimate of drug-likeness (QED) is 0.756. The van der Waals surface area contributed by atoms with E-state index in [0.717, 1.165) is 6.42 Å². The van der Waals surface area contributed by atoms with E-state index in [9.17, 15) is 4.79 Å². The van der Waals surface area contributed by atoms with Gasteiger partial charge in [0.25, 0.3) is 0 Å². The molecule has 0 aromatic carbocycles. The topological polar surface area (TPSA) is 75.8 Å². The molecule has 1 aliphatic carbocycles. The van der Waals surface area contributed by atoms with Crippen molar-refractivity contribution in [2.24, 2.45) is 17.1 Å². The number of carbonyl (C=O) groups excluding carboxylic acids is 1. The Kier molecular flexibility index (Phi) is 3.91. The van der Waals surface area contributed by atoms with Gasteiger partial charge in [0.2, 0.25) is 5.91 Å². The number of amides is 1. The van der Waals surface area contributed by atoms with Gasteiger partial charge in [0.1, 0.15) is 5.54 Å². The molecule has 5 nitrogen and oxygen atoms in total. The summed E-state index contributed by atoms with van der Waals surface area (Å²) >= 11 is 0. The summed E-state index contributed by atoms with van der Waals surface area (Å²) in [4.78, 5) is 14.6. The molecule has 2 fully saturated rings. The van der Waals surface area contributed by atoms with Crippen molar-refractivity contribution in [3.05, 3.63) is 0 Å². The first-order chi connectivity index (χ1) is 8.91. The number of aliphatic hydroxyl groups excluding tert-OH is 1. The standard InChI is InChI=1S/C14H26N2O3/c1-4-16(7-5-8-17)12(18)14(15)10-6-9-19-11(10)13(14,2)3/h10-11,17H,4-9,15H2,1-3H3. The first kappa shape index (κ1) is 14.8. The summed E-state index contributed by atoms with van der Waals surface area (Å²) in [5.41, 5.74) is 5.38. The molecule has 0 aromatic heterocycles. The molecule has 3 unspecified atom stereocenters. The largest absolute Gasteiger partial charge is 0.396 e. The Balaban J connectivity index is 2.16. The summed E-state index contributed by atoms with van der Waals surface area (Å²) in [7, 11) is 0. The molecule has 5 heteroatoms. The lowest BCUT2D eigenvalue weighted by molar-refractivity contribution is -0.184. The van der Waals surface area contributed by atoms with Crippen molar-refractivity contribution in [1.29, 1.82) is 0 Å². The second kappa shape index (κ2) is 5.04. The number of aliphatic hydroxyl groups is 1. The fourth-order valence-corrected chi connectivity index (χ4v) is 3.74. The third-order valence-electron chi connectivity index (χ3n) is 5.06. The molecule has 2 aliphatic rings. The van der Waals surface area contributed by atoms with E-state index in [1.165, 1.54) is 0 Å². The first-order valence-electron chi connectivity index (χ1n) is 7.22. The van der Waals surface area contributed by atoms with Gasteiger partial charge >= 0.3 is 0 Å². The monoisotopic (exact) mass is 270 g/mol. The molecule has 0 aromatic rings. The highest BCUT2D eigenvalue weighted by Crippen LogP contribution is 2.58. The number of ether oxygens (including phenoxy) is 1. The van der Waals surface area contributed by atoms with Gasteiger partial charge in [-0.25, -0.2) is 0 Å². The smallest absolute Gasteiger partial charge is 0.243 e. The number of hydrogen-bond donors (Lipinski definition) is 2. The summed E-state index contributed by atoms with van der Waals surface area (Å²) in [5, 5.41) is 8.93. The average molecular weight is 270 g/mol. The van der Waals surface area contributed by atoms with Gasteiger partial charge in [-0.2, -0.15) is 0 Å². The van der Waals surface area contributed by atoms with Crippen LogP contribution in [0.2, 0.25) is 0 Å². The van der Waals surface area contributed by atoms with E-state index < -0.39 is 5.54 Å². The van der Waals surface area contributed by atoms with Gasteiger partial charge in [-0.15, -0.1) is 0 Å². The van der Waals surface area contributed by atoms with Crippen LogP contribution in [0.15, 0.2) is 0 Å². The maximum atomic E-state index is 12.8. The van der Waals surface area contributed by atoms with Crippen LogP contribution >= 0.6 is 0 Å². The minimum Gasteiger partial charge on any atom is -0.396 e. The molecule has 0 spiro atoms. The van der Waals surface area contributed by atoms with Crippen molar-refractivity contribution in [1.82, 2.24) is 4.90 Å². The van der Waals surface area contributed by atoms with Crippen LogP contribution in [-0.2, 0) is 9.53 Å². The van der Waals surface area contributed by atoms with Gasteiger partial charge in [0, 0.05) is 37.6 Å². The molecule has 19 heavy (non-hydrogen) atoms. The van der Waals surface area contributed by atoms with Crippen molar-refractivity contribution in [2.75, 3.05) is 26.3 Å². The number of hydrogen-bond acceptors (Lipinski definition) is 4. The Morgan fingerprint density at radius 2 is 2.21 bits per heavy atom. The van der Waals surface area contributed by atoms with Gasteiger partial charge in [-0.3, -0.25) is 4.79 Å². The van der Waals surface area contributed by atoms with Crippen LogP contribution < -0.4 is 5.73 Å². The Hall–Kier alpha value is -0.650. The lowest BCUT2D eigenvalue weighted by Gasteiger charge is -2.61. The molecule has 0 bridgehead atoms. The molecule has 1 amide bonds. The predicted octanol–water partition coefficient (Wildman–Crippen LogP) is 0.360. The van der Waals surface area contributed by atoms with Crippen LogP contribution in [0, 0.1) is 11.3 Å². The van der Waals surface area contributed by atoms with Gasteiger partial charge in [0.05, 0.1) is 6.10 Å².